The number of hydrogen-bond donors (Lipinski definition) is 0. The second kappa shape index (κ2) is 12.7. The van der Waals surface area contributed by atoms with Gasteiger partial charge in [-0.05, 0) is 91.7 Å². The van der Waals surface area contributed by atoms with Gasteiger partial charge in [-0.3, -0.25) is 0 Å². The molecular formula is C53H36N2S. The monoisotopic (exact) mass is 732 g/mol. The van der Waals surface area contributed by atoms with Crippen molar-refractivity contribution < 1.29 is 0 Å². The van der Waals surface area contributed by atoms with Gasteiger partial charge in [0.05, 0.1) is 11.4 Å². The largest absolute Gasteiger partial charge is 0.228 e. The van der Waals surface area contributed by atoms with E-state index in [0.29, 0.717) is 5.82 Å². The van der Waals surface area contributed by atoms with Gasteiger partial charge in [-0.2, -0.15) is 0 Å². The maximum Gasteiger partial charge on any atom is 0.160 e. The van der Waals surface area contributed by atoms with Gasteiger partial charge in [0.1, 0.15) is 0 Å². The summed E-state index contributed by atoms with van der Waals surface area (Å²) in [5.74, 6) is 0.713. The molecule has 0 atom stereocenters. The van der Waals surface area contributed by atoms with Crippen molar-refractivity contribution in [1.29, 1.82) is 0 Å². The number of nitrogens with zero attached hydrogens (tertiary/aromatic N) is 2. The fraction of sp³-hybridized carbons (Fsp3) is 0.0566. The molecule has 0 saturated carbocycles. The molecule has 8 aromatic carbocycles. The maximum atomic E-state index is 5.19. The van der Waals surface area contributed by atoms with E-state index in [4.69, 9.17) is 9.97 Å². The van der Waals surface area contributed by atoms with Crippen molar-refractivity contribution in [1.82, 2.24) is 9.97 Å². The molecule has 2 heterocycles. The molecule has 0 radical (unpaired) electrons. The third-order valence-electron chi connectivity index (χ3n) is 11.7. The van der Waals surface area contributed by atoms with Gasteiger partial charge in [-0.15, -0.1) is 11.3 Å². The van der Waals surface area contributed by atoms with Gasteiger partial charge in [0.2, 0.25) is 0 Å². The van der Waals surface area contributed by atoms with E-state index in [9.17, 15) is 0 Å². The predicted molar refractivity (Wildman–Crippen MR) is 237 cm³/mol. The van der Waals surface area contributed by atoms with Crippen LogP contribution in [0.3, 0.4) is 0 Å². The van der Waals surface area contributed by atoms with Crippen LogP contribution >= 0.6 is 11.3 Å². The normalized spacial score (nSPS) is 13.0. The molecule has 3 heteroatoms. The highest BCUT2D eigenvalue weighted by Gasteiger charge is 2.37. The van der Waals surface area contributed by atoms with Gasteiger partial charge in [0.25, 0.3) is 0 Å². The lowest BCUT2D eigenvalue weighted by Gasteiger charge is -2.22. The van der Waals surface area contributed by atoms with E-state index < -0.39 is 0 Å². The first kappa shape index (κ1) is 32.7. The summed E-state index contributed by atoms with van der Waals surface area (Å²) in [6.07, 6.45) is 0. The summed E-state index contributed by atoms with van der Waals surface area (Å²) in [5.41, 5.74) is 15.1. The maximum absolute atomic E-state index is 5.19. The zero-order valence-electron chi connectivity index (χ0n) is 31.1. The van der Waals surface area contributed by atoms with E-state index in [1.807, 2.05) is 29.5 Å². The fourth-order valence-electron chi connectivity index (χ4n) is 8.85. The number of fused-ring (bicyclic) bond motifs is 7. The number of rotatable bonds is 5. The molecule has 10 aromatic rings. The molecule has 2 nitrogen and oxygen atoms in total. The Morgan fingerprint density at radius 3 is 1.88 bits per heavy atom. The highest BCUT2D eigenvalue weighted by atomic mass is 32.1. The Labute approximate surface area is 330 Å². The van der Waals surface area contributed by atoms with Crippen LogP contribution in [-0.2, 0) is 5.41 Å². The van der Waals surface area contributed by atoms with Crippen molar-refractivity contribution in [3.63, 3.8) is 0 Å². The van der Waals surface area contributed by atoms with Crippen molar-refractivity contribution in [2.24, 2.45) is 0 Å². The summed E-state index contributed by atoms with van der Waals surface area (Å²) in [4.78, 5) is 10.4. The Hall–Kier alpha value is -6.68. The Morgan fingerprint density at radius 1 is 0.411 bits per heavy atom. The molecule has 0 unspecified atom stereocenters. The lowest BCUT2D eigenvalue weighted by molar-refractivity contribution is 0.661. The van der Waals surface area contributed by atoms with Crippen LogP contribution in [0, 0.1) is 0 Å². The second-order valence-corrected chi connectivity index (χ2v) is 16.4. The summed E-state index contributed by atoms with van der Waals surface area (Å²) in [7, 11) is 0. The summed E-state index contributed by atoms with van der Waals surface area (Å²) < 4.78 is 2.61. The lowest BCUT2D eigenvalue weighted by Crippen LogP contribution is -2.14. The highest BCUT2D eigenvalue weighted by Crippen LogP contribution is 2.53. The molecule has 1 aliphatic rings. The van der Waals surface area contributed by atoms with Crippen LogP contribution in [0.1, 0.15) is 25.0 Å². The quantitative estimate of drug-likeness (QED) is 0.176. The minimum absolute atomic E-state index is 0.0861. The van der Waals surface area contributed by atoms with Crippen LogP contribution in [-0.4, -0.2) is 9.97 Å². The smallest absolute Gasteiger partial charge is 0.160 e. The topological polar surface area (TPSA) is 25.8 Å². The molecule has 2 aromatic heterocycles. The SMILES string of the molecule is CC1(C)c2cc3ccccc3cc2-c2c(-c3ccc(-c4cc(-c5cccc(-c6cccc7sc8ccccc8c67)c5)nc(-c5ccccc5)n4)cc3)cccc21. The van der Waals surface area contributed by atoms with Crippen molar-refractivity contribution in [3.8, 4) is 67.3 Å². The Morgan fingerprint density at radius 2 is 1.04 bits per heavy atom. The van der Waals surface area contributed by atoms with Crippen LogP contribution in [0.2, 0.25) is 0 Å². The average Bonchev–Trinajstić information content (AvgIpc) is 3.75. The lowest BCUT2D eigenvalue weighted by atomic mass is 9.81. The van der Waals surface area contributed by atoms with Gasteiger partial charge >= 0.3 is 0 Å². The summed E-state index contributed by atoms with van der Waals surface area (Å²) in [6, 6.07) is 65.9. The van der Waals surface area contributed by atoms with Gasteiger partial charge in [-0.25, -0.2) is 9.97 Å². The molecule has 264 valence electrons. The Balaban J connectivity index is 1.02. The molecular weight excluding hydrogens is 697 g/mol. The molecule has 11 rings (SSSR count). The van der Waals surface area contributed by atoms with E-state index >= 15 is 0 Å². The molecule has 0 fully saturated rings. The number of aromatic nitrogens is 2. The first-order valence-electron chi connectivity index (χ1n) is 19.2. The van der Waals surface area contributed by atoms with E-state index in [0.717, 1.165) is 28.1 Å². The first-order valence-corrected chi connectivity index (χ1v) is 20.0. The molecule has 0 bridgehead atoms. The third-order valence-corrected chi connectivity index (χ3v) is 12.8. The molecule has 56 heavy (non-hydrogen) atoms. The summed E-state index contributed by atoms with van der Waals surface area (Å²) >= 11 is 1.85. The van der Waals surface area contributed by atoms with Crippen LogP contribution in [0.4, 0.5) is 0 Å². The Bertz CT molecular complexity index is 3150. The van der Waals surface area contributed by atoms with E-state index in [-0.39, 0.29) is 5.41 Å². The standard InChI is InChI=1S/C53H36N2S/c1-53(2)44-22-11-20-40(50(44)43-30-36-15-6-7-16-37(36)31-45(43)53)33-25-27-34(28-26-33)46-32-47(55-52(54-46)35-13-4-3-5-14-35)39-18-10-17-38(29-39)41-21-12-24-49-51(41)42-19-8-9-23-48(42)56-49/h3-32H,1-2H3. The predicted octanol–water partition coefficient (Wildman–Crippen LogP) is 14.6. The molecule has 0 amide bonds. The molecule has 0 saturated heterocycles. The van der Waals surface area contributed by atoms with Crippen LogP contribution in [0.15, 0.2) is 182 Å². The highest BCUT2D eigenvalue weighted by molar-refractivity contribution is 7.25. The van der Waals surface area contributed by atoms with Crippen molar-refractivity contribution in [2.45, 2.75) is 19.3 Å². The second-order valence-electron chi connectivity index (χ2n) is 15.4. The van der Waals surface area contributed by atoms with Crippen molar-refractivity contribution >= 4 is 42.3 Å². The van der Waals surface area contributed by atoms with Gasteiger partial charge in [0.15, 0.2) is 5.82 Å². The van der Waals surface area contributed by atoms with E-state index in [1.165, 1.54) is 75.5 Å². The molecule has 0 aliphatic heterocycles. The van der Waals surface area contributed by atoms with Crippen molar-refractivity contribution in [2.75, 3.05) is 0 Å². The zero-order valence-corrected chi connectivity index (χ0v) is 31.9. The number of hydrogen-bond acceptors (Lipinski definition) is 3. The molecule has 0 spiro atoms. The summed E-state index contributed by atoms with van der Waals surface area (Å²) in [6.45, 7) is 4.72. The van der Waals surface area contributed by atoms with Crippen LogP contribution < -0.4 is 0 Å². The third kappa shape index (κ3) is 5.23. The van der Waals surface area contributed by atoms with Gasteiger partial charge in [-0.1, -0.05) is 159 Å². The minimum Gasteiger partial charge on any atom is -0.228 e. The van der Waals surface area contributed by atoms with E-state index in [2.05, 4.69) is 178 Å². The van der Waals surface area contributed by atoms with Crippen LogP contribution in [0.25, 0.3) is 98.2 Å². The van der Waals surface area contributed by atoms with Gasteiger partial charge in [0, 0.05) is 42.3 Å². The van der Waals surface area contributed by atoms with E-state index in [1.54, 1.807) is 0 Å². The average molecular weight is 733 g/mol. The van der Waals surface area contributed by atoms with Gasteiger partial charge < -0.3 is 0 Å². The summed E-state index contributed by atoms with van der Waals surface area (Å²) in [5, 5.41) is 5.17. The molecule has 1 aliphatic carbocycles. The molecule has 0 N–H and O–H groups in total. The zero-order chi connectivity index (χ0) is 37.4. The van der Waals surface area contributed by atoms with Crippen molar-refractivity contribution in [3.05, 3.63) is 193 Å². The minimum atomic E-state index is -0.0861. The first-order chi connectivity index (χ1) is 27.5. The fourth-order valence-corrected chi connectivity index (χ4v) is 9.99. The number of thiophene rings is 1. The van der Waals surface area contributed by atoms with Crippen LogP contribution in [0.5, 0.6) is 0 Å². The number of benzene rings is 8. The Kier molecular flexibility index (Phi) is 7.42.